The summed E-state index contributed by atoms with van der Waals surface area (Å²) in [6, 6.07) is 8.84. The normalized spacial score (nSPS) is 17.1. The molecule has 0 saturated heterocycles. The van der Waals surface area contributed by atoms with Gasteiger partial charge in [0.15, 0.2) is 5.75 Å². The lowest BCUT2D eigenvalue weighted by molar-refractivity contribution is 0.214. The average molecular weight is 276 g/mol. The van der Waals surface area contributed by atoms with Gasteiger partial charge in [0.25, 0.3) is 0 Å². The zero-order chi connectivity index (χ0) is 14.1. The van der Waals surface area contributed by atoms with Crippen LogP contribution >= 0.6 is 0 Å². The topological polar surface area (TPSA) is 47.3 Å². The van der Waals surface area contributed by atoms with Gasteiger partial charge in [0.1, 0.15) is 17.7 Å². The van der Waals surface area contributed by atoms with E-state index in [1.807, 2.05) is 0 Å². The number of hydrogen-bond acceptors (Lipinski definition) is 3. The second kappa shape index (κ2) is 5.09. The maximum atomic E-state index is 13.9. The minimum absolute atomic E-state index is 0.210. The number of benzene rings is 2. The zero-order valence-corrected chi connectivity index (χ0v) is 10.7. The maximum Gasteiger partial charge on any atom is 0.151 e. The highest BCUT2D eigenvalue weighted by Gasteiger charge is 2.23. The summed E-state index contributed by atoms with van der Waals surface area (Å²) in [5.74, 6) is -0.415. The highest BCUT2D eigenvalue weighted by atomic mass is 19.1. The van der Waals surface area contributed by atoms with Crippen LogP contribution in [0.15, 0.2) is 36.4 Å². The van der Waals surface area contributed by atoms with Crippen molar-refractivity contribution in [2.24, 2.45) is 5.73 Å². The Balaban J connectivity index is 2.16. The summed E-state index contributed by atoms with van der Waals surface area (Å²) in [6.07, 6.45) is -0.210. The summed E-state index contributed by atoms with van der Waals surface area (Å²) in [4.78, 5) is 0. The predicted octanol–water partition coefficient (Wildman–Crippen LogP) is 2.76. The van der Waals surface area contributed by atoms with Crippen molar-refractivity contribution >= 4 is 5.69 Å². The lowest BCUT2D eigenvalue weighted by atomic mass is 10.0. The van der Waals surface area contributed by atoms with Gasteiger partial charge in [0.05, 0.1) is 12.2 Å². The zero-order valence-electron chi connectivity index (χ0n) is 10.7. The summed E-state index contributed by atoms with van der Waals surface area (Å²) < 4.78 is 33.4. The fraction of sp³-hybridized carbons (Fsp3) is 0.200. The van der Waals surface area contributed by atoms with Crippen LogP contribution in [0, 0.1) is 11.6 Å². The van der Waals surface area contributed by atoms with Crippen molar-refractivity contribution in [3.05, 3.63) is 48.0 Å². The van der Waals surface area contributed by atoms with E-state index in [0.29, 0.717) is 35.7 Å². The van der Waals surface area contributed by atoms with Crippen LogP contribution in [-0.4, -0.2) is 19.2 Å². The van der Waals surface area contributed by atoms with E-state index in [2.05, 4.69) is 5.32 Å². The molecular weight excluding hydrogens is 262 g/mol. The Morgan fingerprint density at radius 2 is 2.00 bits per heavy atom. The molecular formula is C15H14F2N2O. The van der Waals surface area contributed by atoms with Gasteiger partial charge in [-0.2, -0.15) is 0 Å². The molecule has 0 amide bonds. The van der Waals surface area contributed by atoms with E-state index in [-0.39, 0.29) is 6.10 Å². The molecule has 1 atom stereocenters. The van der Waals surface area contributed by atoms with Crippen LogP contribution in [0.3, 0.4) is 0 Å². The van der Waals surface area contributed by atoms with E-state index in [1.165, 1.54) is 18.2 Å². The Kier molecular flexibility index (Phi) is 3.28. The van der Waals surface area contributed by atoms with E-state index >= 15 is 0 Å². The van der Waals surface area contributed by atoms with Crippen molar-refractivity contribution < 1.29 is 13.5 Å². The molecule has 0 saturated carbocycles. The van der Waals surface area contributed by atoms with Crippen LogP contribution in [0.4, 0.5) is 14.5 Å². The summed E-state index contributed by atoms with van der Waals surface area (Å²) in [5, 5.41) is 3.07. The van der Waals surface area contributed by atoms with Crippen molar-refractivity contribution in [1.82, 2.24) is 0 Å². The number of halogens is 2. The number of anilines is 1. The van der Waals surface area contributed by atoms with Gasteiger partial charge in [-0.05, 0) is 12.1 Å². The third-order valence-electron chi connectivity index (χ3n) is 3.29. The minimum atomic E-state index is -0.440. The first-order valence-electron chi connectivity index (χ1n) is 6.38. The molecule has 0 radical (unpaired) electrons. The molecule has 1 aliphatic rings. The first kappa shape index (κ1) is 12.9. The van der Waals surface area contributed by atoms with Crippen molar-refractivity contribution in [3.8, 4) is 16.9 Å². The van der Waals surface area contributed by atoms with E-state index < -0.39 is 11.6 Å². The molecule has 1 heterocycles. The molecule has 2 aromatic carbocycles. The SMILES string of the molecule is NC[C@@H]1CNc2cc(F)cc(-c3ccccc3F)c2O1. The summed E-state index contributed by atoms with van der Waals surface area (Å²) >= 11 is 0. The summed E-state index contributed by atoms with van der Waals surface area (Å²) in [7, 11) is 0. The Hall–Kier alpha value is -2.14. The smallest absolute Gasteiger partial charge is 0.151 e. The Morgan fingerprint density at radius 1 is 1.20 bits per heavy atom. The average Bonchev–Trinajstić information content (AvgIpc) is 2.46. The van der Waals surface area contributed by atoms with Crippen LogP contribution in [0.5, 0.6) is 5.75 Å². The molecule has 2 aromatic rings. The molecule has 3 rings (SSSR count). The molecule has 0 bridgehead atoms. The number of nitrogens with two attached hydrogens (primary N) is 1. The maximum absolute atomic E-state index is 13.9. The summed E-state index contributed by atoms with van der Waals surface area (Å²) in [5.41, 5.74) is 6.82. The fourth-order valence-electron chi connectivity index (χ4n) is 2.30. The fourth-order valence-corrected chi connectivity index (χ4v) is 2.30. The van der Waals surface area contributed by atoms with E-state index in [1.54, 1.807) is 18.2 Å². The second-order valence-electron chi connectivity index (χ2n) is 4.67. The standard InChI is InChI=1S/C15H14F2N2O/c16-9-5-12(11-3-1-2-4-13(11)17)15-14(6-9)19-8-10(7-18)20-15/h1-6,10,19H,7-8,18H2/t10-/m1/s1. The monoisotopic (exact) mass is 276 g/mol. The van der Waals surface area contributed by atoms with Crippen LogP contribution in [0.1, 0.15) is 0 Å². The third-order valence-corrected chi connectivity index (χ3v) is 3.29. The first-order chi connectivity index (χ1) is 9.69. The largest absolute Gasteiger partial charge is 0.484 e. The van der Waals surface area contributed by atoms with E-state index in [9.17, 15) is 8.78 Å². The Labute approximate surface area is 115 Å². The highest BCUT2D eigenvalue weighted by Crippen LogP contribution is 2.40. The molecule has 0 aliphatic carbocycles. The molecule has 0 aromatic heterocycles. The van der Waals surface area contributed by atoms with Gasteiger partial charge in [-0.25, -0.2) is 8.78 Å². The van der Waals surface area contributed by atoms with Crippen molar-refractivity contribution in [2.45, 2.75) is 6.10 Å². The van der Waals surface area contributed by atoms with Crippen molar-refractivity contribution in [3.63, 3.8) is 0 Å². The van der Waals surface area contributed by atoms with Gasteiger partial charge in [0, 0.05) is 23.7 Å². The molecule has 20 heavy (non-hydrogen) atoms. The number of fused-ring (bicyclic) bond motifs is 1. The molecule has 0 unspecified atom stereocenters. The van der Waals surface area contributed by atoms with Crippen LogP contribution in [-0.2, 0) is 0 Å². The van der Waals surface area contributed by atoms with Gasteiger partial charge >= 0.3 is 0 Å². The third kappa shape index (κ3) is 2.20. The molecule has 1 aliphatic heterocycles. The van der Waals surface area contributed by atoms with Gasteiger partial charge in [-0.15, -0.1) is 0 Å². The Morgan fingerprint density at radius 3 is 2.75 bits per heavy atom. The van der Waals surface area contributed by atoms with Gasteiger partial charge in [0.2, 0.25) is 0 Å². The van der Waals surface area contributed by atoms with Crippen LogP contribution in [0.2, 0.25) is 0 Å². The second-order valence-corrected chi connectivity index (χ2v) is 4.67. The van der Waals surface area contributed by atoms with Gasteiger partial charge in [-0.3, -0.25) is 0 Å². The minimum Gasteiger partial charge on any atom is -0.484 e. The van der Waals surface area contributed by atoms with Gasteiger partial charge < -0.3 is 15.8 Å². The molecule has 3 N–H and O–H groups in total. The van der Waals surface area contributed by atoms with Crippen LogP contribution < -0.4 is 15.8 Å². The predicted molar refractivity (Wildman–Crippen MR) is 73.8 cm³/mol. The number of nitrogens with one attached hydrogen (secondary N) is 1. The summed E-state index contributed by atoms with van der Waals surface area (Å²) in [6.45, 7) is 0.837. The quantitative estimate of drug-likeness (QED) is 0.886. The van der Waals surface area contributed by atoms with Crippen LogP contribution in [0.25, 0.3) is 11.1 Å². The highest BCUT2D eigenvalue weighted by molar-refractivity contribution is 5.79. The first-order valence-corrected chi connectivity index (χ1v) is 6.38. The number of rotatable bonds is 2. The molecule has 0 spiro atoms. The molecule has 104 valence electrons. The molecule has 0 fully saturated rings. The van der Waals surface area contributed by atoms with Crippen molar-refractivity contribution in [2.75, 3.05) is 18.4 Å². The molecule has 3 nitrogen and oxygen atoms in total. The number of ether oxygens (including phenoxy) is 1. The molecule has 5 heteroatoms. The number of hydrogen-bond donors (Lipinski definition) is 2. The van der Waals surface area contributed by atoms with E-state index in [4.69, 9.17) is 10.5 Å². The van der Waals surface area contributed by atoms with E-state index in [0.717, 1.165) is 0 Å². The lowest BCUT2D eigenvalue weighted by Gasteiger charge is -2.28. The lowest BCUT2D eigenvalue weighted by Crippen LogP contribution is -2.37. The van der Waals surface area contributed by atoms with Gasteiger partial charge in [-0.1, -0.05) is 18.2 Å². The van der Waals surface area contributed by atoms with Crippen molar-refractivity contribution in [1.29, 1.82) is 0 Å². The Bertz CT molecular complexity index is 646.